The standard InChI is InChI=1S/C21H15FN4O6S/c1-30-16-7-3-12(9-17(16)31-2)20(27)25(23-11-14-5-8-19(32-14)26(28)29)21-24-15-6-4-13(22)10-18(15)33-21/h3-11H,1-2H3/b23-11+. The number of nitrogens with zero attached hydrogens (tertiary/aromatic N) is 4. The van der Waals surface area contributed by atoms with Gasteiger partial charge in [0.05, 0.1) is 36.7 Å². The van der Waals surface area contributed by atoms with E-state index >= 15 is 0 Å². The summed E-state index contributed by atoms with van der Waals surface area (Å²) in [5.74, 6) is -0.666. The highest BCUT2D eigenvalue weighted by molar-refractivity contribution is 7.22. The van der Waals surface area contributed by atoms with E-state index in [1.807, 2.05) is 0 Å². The zero-order valence-electron chi connectivity index (χ0n) is 17.2. The highest BCUT2D eigenvalue weighted by Gasteiger charge is 2.23. The SMILES string of the molecule is COc1ccc(C(=O)N(/N=C/c2ccc([N+](=O)[O-])o2)c2nc3ccc(F)cc3s2)cc1OC. The van der Waals surface area contributed by atoms with Gasteiger partial charge in [-0.2, -0.15) is 10.1 Å². The fourth-order valence-electron chi connectivity index (χ4n) is 2.88. The van der Waals surface area contributed by atoms with Crippen molar-refractivity contribution in [2.75, 3.05) is 19.2 Å². The molecule has 1 amide bonds. The molecule has 168 valence electrons. The Morgan fingerprint density at radius 3 is 2.67 bits per heavy atom. The van der Waals surface area contributed by atoms with Gasteiger partial charge in [-0.15, -0.1) is 0 Å². The molecule has 0 unspecified atom stereocenters. The van der Waals surface area contributed by atoms with Crippen LogP contribution in [0.15, 0.2) is 58.0 Å². The first-order valence-electron chi connectivity index (χ1n) is 9.30. The third-order valence-corrected chi connectivity index (χ3v) is 5.43. The average Bonchev–Trinajstić information content (AvgIpc) is 3.45. The predicted molar refractivity (Wildman–Crippen MR) is 119 cm³/mol. The van der Waals surface area contributed by atoms with Gasteiger partial charge in [0.25, 0.3) is 5.91 Å². The number of ether oxygens (including phenoxy) is 2. The van der Waals surface area contributed by atoms with Gasteiger partial charge in [0.1, 0.15) is 10.7 Å². The molecular formula is C21H15FN4O6S. The van der Waals surface area contributed by atoms with Crippen LogP contribution in [0.5, 0.6) is 11.5 Å². The third-order valence-electron chi connectivity index (χ3n) is 4.44. The molecule has 0 radical (unpaired) electrons. The van der Waals surface area contributed by atoms with Crippen LogP contribution in [0.25, 0.3) is 10.2 Å². The topological polar surface area (TPSA) is 120 Å². The molecule has 0 aliphatic heterocycles. The Labute approximate surface area is 189 Å². The quantitative estimate of drug-likeness (QED) is 0.219. The number of rotatable bonds is 7. The van der Waals surface area contributed by atoms with Crippen molar-refractivity contribution >= 4 is 44.7 Å². The molecule has 0 atom stereocenters. The fraction of sp³-hybridized carbons (Fsp3) is 0.0952. The summed E-state index contributed by atoms with van der Waals surface area (Å²) >= 11 is 1.05. The van der Waals surface area contributed by atoms with Gasteiger partial charge < -0.3 is 13.9 Å². The van der Waals surface area contributed by atoms with E-state index in [1.165, 1.54) is 56.7 Å². The molecule has 0 saturated heterocycles. The lowest BCUT2D eigenvalue weighted by atomic mass is 10.2. The summed E-state index contributed by atoms with van der Waals surface area (Å²) in [7, 11) is 2.91. The van der Waals surface area contributed by atoms with Crippen LogP contribution < -0.4 is 14.5 Å². The number of halogens is 1. The van der Waals surface area contributed by atoms with E-state index < -0.39 is 22.5 Å². The van der Waals surface area contributed by atoms with Crippen molar-refractivity contribution in [3.63, 3.8) is 0 Å². The number of furan rings is 1. The monoisotopic (exact) mass is 470 g/mol. The molecule has 10 nitrogen and oxygen atoms in total. The third kappa shape index (κ3) is 4.50. The van der Waals surface area contributed by atoms with Gasteiger partial charge in [0, 0.05) is 5.56 Å². The Morgan fingerprint density at radius 2 is 1.97 bits per heavy atom. The van der Waals surface area contributed by atoms with Gasteiger partial charge in [-0.3, -0.25) is 14.9 Å². The Balaban J connectivity index is 1.76. The van der Waals surface area contributed by atoms with Gasteiger partial charge >= 0.3 is 5.88 Å². The van der Waals surface area contributed by atoms with Crippen molar-refractivity contribution in [3.05, 3.63) is 75.8 Å². The summed E-state index contributed by atoms with van der Waals surface area (Å²) in [6.45, 7) is 0. The molecule has 12 heteroatoms. The summed E-state index contributed by atoms with van der Waals surface area (Å²) in [4.78, 5) is 27.9. The molecule has 4 rings (SSSR count). The van der Waals surface area contributed by atoms with Gasteiger partial charge in [0.15, 0.2) is 17.3 Å². The number of hydrogen-bond acceptors (Lipinski definition) is 9. The van der Waals surface area contributed by atoms with E-state index in [0.717, 1.165) is 22.6 Å². The highest BCUT2D eigenvalue weighted by Crippen LogP contribution is 2.32. The molecule has 2 aromatic heterocycles. The van der Waals surface area contributed by atoms with Gasteiger partial charge in [-0.05, 0) is 42.5 Å². The largest absolute Gasteiger partial charge is 0.493 e. The maximum atomic E-state index is 13.6. The van der Waals surface area contributed by atoms with Crippen LogP contribution in [0, 0.1) is 15.9 Å². The van der Waals surface area contributed by atoms with E-state index in [0.29, 0.717) is 21.7 Å². The summed E-state index contributed by atoms with van der Waals surface area (Å²) in [5.41, 5.74) is 0.686. The van der Waals surface area contributed by atoms with Gasteiger partial charge in [0.2, 0.25) is 5.13 Å². The molecule has 0 bridgehead atoms. The normalized spacial score (nSPS) is 11.1. The van der Waals surface area contributed by atoms with E-state index in [2.05, 4.69) is 10.1 Å². The number of amides is 1. The van der Waals surface area contributed by atoms with E-state index in [4.69, 9.17) is 13.9 Å². The molecule has 2 heterocycles. The second-order valence-corrected chi connectivity index (χ2v) is 7.48. The van der Waals surface area contributed by atoms with E-state index in [-0.39, 0.29) is 16.5 Å². The Morgan fingerprint density at radius 1 is 1.18 bits per heavy atom. The van der Waals surface area contributed by atoms with Gasteiger partial charge in [-0.1, -0.05) is 11.3 Å². The average molecular weight is 470 g/mol. The number of hydrazone groups is 1. The smallest absolute Gasteiger partial charge is 0.433 e. The molecule has 0 spiro atoms. The summed E-state index contributed by atoms with van der Waals surface area (Å²) < 4.78 is 29.7. The lowest BCUT2D eigenvalue weighted by molar-refractivity contribution is -0.402. The predicted octanol–water partition coefficient (Wildman–Crippen LogP) is 4.63. The van der Waals surface area contributed by atoms with Crippen LogP contribution in [0.2, 0.25) is 0 Å². The number of carbonyl (C=O) groups excluding carboxylic acids is 1. The zero-order valence-corrected chi connectivity index (χ0v) is 18.0. The lowest BCUT2D eigenvalue weighted by Crippen LogP contribution is -2.25. The first-order chi connectivity index (χ1) is 15.9. The van der Waals surface area contributed by atoms with Crippen LogP contribution in [0.4, 0.5) is 15.4 Å². The Kier molecular flexibility index (Phi) is 6.00. The van der Waals surface area contributed by atoms with Crippen molar-refractivity contribution in [3.8, 4) is 11.5 Å². The van der Waals surface area contributed by atoms with Crippen LogP contribution in [-0.4, -0.2) is 36.2 Å². The lowest BCUT2D eigenvalue weighted by Gasteiger charge is -2.15. The summed E-state index contributed by atoms with van der Waals surface area (Å²) in [5, 5.41) is 16.2. The zero-order chi connectivity index (χ0) is 23.5. The number of nitro groups is 1. The number of benzene rings is 2. The van der Waals surface area contributed by atoms with Crippen molar-refractivity contribution in [2.45, 2.75) is 0 Å². The van der Waals surface area contributed by atoms with Crippen molar-refractivity contribution < 1.29 is 28.0 Å². The molecule has 0 aliphatic carbocycles. The molecular weight excluding hydrogens is 455 g/mol. The molecule has 0 saturated carbocycles. The van der Waals surface area contributed by atoms with Crippen molar-refractivity contribution in [2.24, 2.45) is 5.10 Å². The number of fused-ring (bicyclic) bond motifs is 1. The number of methoxy groups -OCH3 is 2. The van der Waals surface area contributed by atoms with Crippen molar-refractivity contribution in [1.82, 2.24) is 4.98 Å². The Hall–Kier alpha value is -4.32. The number of carbonyl (C=O) groups is 1. The van der Waals surface area contributed by atoms with Crippen molar-refractivity contribution in [1.29, 1.82) is 0 Å². The Bertz CT molecular complexity index is 1380. The van der Waals surface area contributed by atoms with Crippen LogP contribution in [0.1, 0.15) is 16.1 Å². The van der Waals surface area contributed by atoms with Crippen LogP contribution in [-0.2, 0) is 0 Å². The van der Waals surface area contributed by atoms with Crippen LogP contribution in [0.3, 0.4) is 0 Å². The molecule has 0 N–H and O–H groups in total. The summed E-state index contributed by atoms with van der Waals surface area (Å²) in [6, 6.07) is 11.1. The molecule has 0 aliphatic rings. The highest BCUT2D eigenvalue weighted by atomic mass is 32.1. The fourth-order valence-corrected chi connectivity index (χ4v) is 3.83. The minimum atomic E-state index is -0.689. The summed E-state index contributed by atoms with van der Waals surface area (Å²) in [6.07, 6.45) is 1.15. The molecule has 4 aromatic rings. The number of thiazole rings is 1. The maximum Gasteiger partial charge on any atom is 0.433 e. The first-order valence-corrected chi connectivity index (χ1v) is 10.1. The molecule has 2 aromatic carbocycles. The maximum absolute atomic E-state index is 13.6. The first kappa shape index (κ1) is 21.9. The van der Waals surface area contributed by atoms with Crippen LogP contribution >= 0.6 is 11.3 Å². The number of hydrogen-bond donors (Lipinski definition) is 0. The second-order valence-electron chi connectivity index (χ2n) is 6.47. The van der Waals surface area contributed by atoms with E-state index in [1.54, 1.807) is 6.07 Å². The van der Waals surface area contributed by atoms with E-state index in [9.17, 15) is 19.3 Å². The minimum Gasteiger partial charge on any atom is -0.493 e. The minimum absolute atomic E-state index is 0.0546. The second kappa shape index (κ2) is 9.04. The number of aromatic nitrogens is 1. The molecule has 33 heavy (non-hydrogen) atoms. The molecule has 0 fully saturated rings. The number of anilines is 1. The van der Waals surface area contributed by atoms with Gasteiger partial charge in [-0.25, -0.2) is 9.37 Å².